The van der Waals surface area contributed by atoms with Gasteiger partial charge in [-0.15, -0.1) is 0 Å². The van der Waals surface area contributed by atoms with Crippen LogP contribution in [0.25, 0.3) is 0 Å². The summed E-state index contributed by atoms with van der Waals surface area (Å²) in [5.41, 5.74) is 0.396. The van der Waals surface area contributed by atoms with Gasteiger partial charge in [0.2, 0.25) is 0 Å². The zero-order chi connectivity index (χ0) is 17.7. The van der Waals surface area contributed by atoms with Gasteiger partial charge in [0.15, 0.2) is 0 Å². The van der Waals surface area contributed by atoms with E-state index in [4.69, 9.17) is 0 Å². The molecular formula is C18H25F3N2O2S. The van der Waals surface area contributed by atoms with E-state index in [2.05, 4.69) is 9.88 Å². The lowest BCUT2D eigenvalue weighted by Gasteiger charge is -2.40. The number of hydrogen-bond donors (Lipinski definition) is 0. The zero-order valence-corrected chi connectivity index (χ0v) is 15.4. The number of pyridine rings is 1. The second kappa shape index (κ2) is 7.20. The number of halogens is 3. The fraction of sp³-hybridized carbons (Fsp3) is 0.722. The van der Waals surface area contributed by atoms with Gasteiger partial charge in [-0.3, -0.25) is 14.1 Å². The standard InChI is InChI=1S/C18H23F3N2OS.H2O/c19-18(20,21)16-5-4-14(9-22-16)13-2-1-3-15(8-13)23-7-6-17(10-23)11-25(24)12-17;/h4-5,9,13,15H,1-3,6-8,10-12H2;1H2/t13-,15+,17?,25?;/m0./s1. The lowest BCUT2D eigenvalue weighted by atomic mass is 9.81. The van der Waals surface area contributed by atoms with Crippen molar-refractivity contribution in [2.45, 2.75) is 50.2 Å². The maximum atomic E-state index is 12.7. The van der Waals surface area contributed by atoms with Crippen LogP contribution in [0, 0.1) is 5.41 Å². The van der Waals surface area contributed by atoms with E-state index in [1.54, 1.807) is 6.07 Å². The third kappa shape index (κ3) is 3.82. The highest BCUT2D eigenvalue weighted by molar-refractivity contribution is 7.86. The average molecular weight is 390 g/mol. The van der Waals surface area contributed by atoms with Crippen molar-refractivity contribution >= 4 is 10.8 Å². The molecule has 4 nitrogen and oxygen atoms in total. The topological polar surface area (TPSA) is 64.7 Å². The summed E-state index contributed by atoms with van der Waals surface area (Å²) in [5, 5.41) is 0. The Morgan fingerprint density at radius 2 is 2.00 bits per heavy atom. The Kier molecular flexibility index (Phi) is 5.48. The van der Waals surface area contributed by atoms with E-state index in [1.807, 2.05) is 0 Å². The molecule has 1 saturated carbocycles. The first-order valence-corrected chi connectivity index (χ1v) is 10.5. The fourth-order valence-electron chi connectivity index (χ4n) is 4.77. The van der Waals surface area contributed by atoms with Gasteiger partial charge in [-0.25, -0.2) is 0 Å². The first kappa shape index (κ1) is 19.8. The largest absolute Gasteiger partial charge is 0.433 e. The summed E-state index contributed by atoms with van der Waals surface area (Å²) in [5.74, 6) is 1.99. The molecule has 3 heterocycles. The molecule has 0 aromatic carbocycles. The smallest absolute Gasteiger partial charge is 0.412 e. The molecule has 0 bridgehead atoms. The predicted molar refractivity (Wildman–Crippen MR) is 94.3 cm³/mol. The van der Waals surface area contributed by atoms with Crippen molar-refractivity contribution in [3.63, 3.8) is 0 Å². The van der Waals surface area contributed by atoms with Gasteiger partial charge in [0.05, 0.1) is 0 Å². The molecule has 4 rings (SSSR count). The lowest BCUT2D eigenvalue weighted by molar-refractivity contribution is -0.141. The van der Waals surface area contributed by atoms with Crippen molar-refractivity contribution in [3.8, 4) is 0 Å². The Bertz CT molecular complexity index is 657. The van der Waals surface area contributed by atoms with Crippen LogP contribution in [-0.4, -0.2) is 50.2 Å². The van der Waals surface area contributed by atoms with Crippen LogP contribution in [0.3, 0.4) is 0 Å². The molecule has 26 heavy (non-hydrogen) atoms. The third-order valence-corrected chi connectivity index (χ3v) is 7.98. The molecule has 0 unspecified atom stereocenters. The van der Waals surface area contributed by atoms with Crippen molar-refractivity contribution in [1.29, 1.82) is 0 Å². The summed E-state index contributed by atoms with van der Waals surface area (Å²) < 4.78 is 49.5. The SMILES string of the molecule is O.O=S1CC2(CCN([C@@H]3CCC[C@H](c4ccc(C(F)(F)F)nc4)C3)C2)C1. The lowest BCUT2D eigenvalue weighted by Crippen LogP contribution is -2.48. The van der Waals surface area contributed by atoms with Crippen LogP contribution in [0.4, 0.5) is 13.2 Å². The predicted octanol–water partition coefficient (Wildman–Crippen LogP) is 2.76. The highest BCUT2D eigenvalue weighted by atomic mass is 32.2. The Balaban J connectivity index is 0.00000196. The summed E-state index contributed by atoms with van der Waals surface area (Å²) >= 11 is 0. The Morgan fingerprint density at radius 3 is 2.62 bits per heavy atom. The molecule has 1 spiro atoms. The fourth-order valence-corrected chi connectivity index (χ4v) is 6.52. The molecule has 1 aliphatic carbocycles. The molecular weight excluding hydrogens is 365 g/mol. The number of likely N-dealkylation sites (tertiary alicyclic amines) is 1. The van der Waals surface area contributed by atoms with E-state index in [0.717, 1.165) is 68.3 Å². The molecule has 2 N–H and O–H groups in total. The van der Waals surface area contributed by atoms with E-state index in [1.165, 1.54) is 6.20 Å². The Hall–Kier alpha value is -0.990. The van der Waals surface area contributed by atoms with Crippen LogP contribution >= 0.6 is 0 Å². The van der Waals surface area contributed by atoms with Gasteiger partial charge in [-0.2, -0.15) is 13.2 Å². The van der Waals surface area contributed by atoms with E-state index >= 15 is 0 Å². The summed E-state index contributed by atoms with van der Waals surface area (Å²) in [7, 11) is -0.614. The van der Waals surface area contributed by atoms with Crippen LogP contribution < -0.4 is 0 Å². The molecule has 2 aliphatic heterocycles. The Morgan fingerprint density at radius 1 is 1.23 bits per heavy atom. The van der Waals surface area contributed by atoms with Gasteiger partial charge in [0.25, 0.3) is 0 Å². The van der Waals surface area contributed by atoms with Gasteiger partial charge in [-0.05, 0) is 49.8 Å². The summed E-state index contributed by atoms with van der Waals surface area (Å²) in [6.45, 7) is 2.11. The molecule has 146 valence electrons. The van der Waals surface area contributed by atoms with Crippen LogP contribution in [0.1, 0.15) is 49.3 Å². The maximum Gasteiger partial charge on any atom is 0.433 e. The van der Waals surface area contributed by atoms with Gasteiger partial charge in [-0.1, -0.05) is 12.5 Å². The Labute approximate surface area is 153 Å². The van der Waals surface area contributed by atoms with E-state index < -0.39 is 22.7 Å². The number of alkyl halides is 3. The number of aromatic nitrogens is 1. The second-order valence-corrected chi connectivity index (χ2v) is 9.40. The van der Waals surface area contributed by atoms with Crippen LogP contribution in [-0.2, 0) is 17.0 Å². The highest BCUT2D eigenvalue weighted by Crippen LogP contribution is 2.43. The number of nitrogens with zero attached hydrogens (tertiary/aromatic N) is 2. The highest BCUT2D eigenvalue weighted by Gasteiger charge is 2.49. The molecule has 8 heteroatoms. The van der Waals surface area contributed by atoms with Crippen LogP contribution in [0.5, 0.6) is 0 Å². The van der Waals surface area contributed by atoms with Crippen molar-refractivity contribution in [2.75, 3.05) is 24.6 Å². The minimum absolute atomic E-state index is 0. The molecule has 3 aliphatic rings. The molecule has 1 aromatic rings. The van der Waals surface area contributed by atoms with Crippen LogP contribution in [0.2, 0.25) is 0 Å². The minimum Gasteiger partial charge on any atom is -0.412 e. The van der Waals surface area contributed by atoms with Gasteiger partial charge in [0.1, 0.15) is 5.69 Å². The number of rotatable bonds is 2. The monoisotopic (exact) mass is 390 g/mol. The normalized spacial score (nSPS) is 35.1. The van der Waals surface area contributed by atoms with Gasteiger partial charge >= 0.3 is 6.18 Å². The van der Waals surface area contributed by atoms with Gasteiger partial charge in [0, 0.05) is 46.5 Å². The van der Waals surface area contributed by atoms with Crippen molar-refractivity contribution in [2.24, 2.45) is 5.41 Å². The van der Waals surface area contributed by atoms with Gasteiger partial charge < -0.3 is 5.48 Å². The third-order valence-electron chi connectivity index (χ3n) is 6.11. The molecule has 3 fully saturated rings. The van der Waals surface area contributed by atoms with E-state index in [0.29, 0.717) is 12.0 Å². The summed E-state index contributed by atoms with van der Waals surface area (Å²) in [6, 6.07) is 3.20. The molecule has 0 amide bonds. The molecule has 1 aromatic heterocycles. The first-order valence-electron chi connectivity index (χ1n) is 8.97. The minimum atomic E-state index is -4.37. The molecule has 2 atom stereocenters. The number of hydrogen-bond acceptors (Lipinski definition) is 3. The van der Waals surface area contributed by atoms with E-state index in [-0.39, 0.29) is 10.9 Å². The van der Waals surface area contributed by atoms with Crippen molar-refractivity contribution in [3.05, 3.63) is 29.6 Å². The maximum absolute atomic E-state index is 12.7. The zero-order valence-electron chi connectivity index (χ0n) is 14.6. The second-order valence-electron chi connectivity index (χ2n) is 7.94. The van der Waals surface area contributed by atoms with Crippen LogP contribution in [0.15, 0.2) is 18.3 Å². The van der Waals surface area contributed by atoms with Crippen molar-refractivity contribution in [1.82, 2.24) is 9.88 Å². The summed E-state index contributed by atoms with van der Waals surface area (Å²) in [6.07, 6.45) is 2.45. The van der Waals surface area contributed by atoms with E-state index in [9.17, 15) is 17.4 Å². The first-order chi connectivity index (χ1) is 11.8. The summed E-state index contributed by atoms with van der Waals surface area (Å²) in [4.78, 5) is 6.17. The average Bonchev–Trinajstić information content (AvgIpc) is 2.99. The molecule has 0 radical (unpaired) electrons. The molecule has 2 saturated heterocycles. The quantitative estimate of drug-likeness (QED) is 0.780. The van der Waals surface area contributed by atoms with Crippen molar-refractivity contribution < 1.29 is 22.9 Å².